The largest absolute Gasteiger partial charge is 0.480 e. The molecule has 4 atom stereocenters. The minimum absolute atomic E-state index is 0.0111. The number of fused-ring (bicyclic) bond motifs is 1. The molecule has 2 fully saturated rings. The number of esters is 1. The lowest BCUT2D eigenvalue weighted by Crippen LogP contribution is -2.57. The number of primary amides is 1. The van der Waals surface area contributed by atoms with Crippen LogP contribution in [-0.2, 0) is 19.2 Å². The minimum atomic E-state index is -1.73. The lowest BCUT2D eigenvalue weighted by Gasteiger charge is -2.35. The third-order valence-corrected chi connectivity index (χ3v) is 6.25. The molecule has 0 saturated carbocycles. The molecule has 2 aliphatic rings. The van der Waals surface area contributed by atoms with Gasteiger partial charge in [0.25, 0.3) is 0 Å². The maximum absolute atomic E-state index is 13.5. The van der Waals surface area contributed by atoms with Crippen molar-refractivity contribution in [3.05, 3.63) is 29.8 Å². The van der Waals surface area contributed by atoms with E-state index in [9.17, 15) is 29.1 Å². The highest BCUT2D eigenvalue weighted by molar-refractivity contribution is 6.10. The second kappa shape index (κ2) is 9.05. The first-order valence-electron chi connectivity index (χ1n) is 11.0. The summed E-state index contributed by atoms with van der Waals surface area (Å²) in [6.45, 7) is 6.56. The Morgan fingerprint density at radius 3 is 2.29 bits per heavy atom. The van der Waals surface area contributed by atoms with Crippen LogP contribution in [0.4, 0.5) is 4.79 Å². The van der Waals surface area contributed by atoms with Gasteiger partial charge in [-0.3, -0.25) is 29.4 Å². The third-order valence-electron chi connectivity index (χ3n) is 6.25. The van der Waals surface area contributed by atoms with Crippen LogP contribution in [0.3, 0.4) is 0 Å². The Bertz CT molecular complexity index is 1020. The van der Waals surface area contributed by atoms with Gasteiger partial charge in [0.2, 0.25) is 11.8 Å². The highest BCUT2D eigenvalue weighted by Crippen LogP contribution is 2.51. The molecule has 0 spiro atoms. The lowest BCUT2D eigenvalue weighted by molar-refractivity contribution is -0.154. The Morgan fingerprint density at radius 2 is 1.79 bits per heavy atom. The van der Waals surface area contributed by atoms with Crippen LogP contribution < -0.4 is 21.1 Å². The molecule has 5 N–H and O–H groups in total. The van der Waals surface area contributed by atoms with E-state index in [2.05, 4.69) is 10.6 Å². The van der Waals surface area contributed by atoms with Gasteiger partial charge < -0.3 is 20.9 Å². The van der Waals surface area contributed by atoms with Crippen LogP contribution in [0, 0.1) is 11.8 Å². The number of carbonyl (C=O) groups is 5. The van der Waals surface area contributed by atoms with Gasteiger partial charge >= 0.3 is 18.0 Å². The van der Waals surface area contributed by atoms with E-state index in [0.29, 0.717) is 11.3 Å². The summed E-state index contributed by atoms with van der Waals surface area (Å²) in [5.41, 5.74) is 3.12. The Morgan fingerprint density at radius 1 is 1.18 bits per heavy atom. The molecule has 0 radical (unpaired) electrons. The second-order valence-corrected chi connectivity index (χ2v) is 9.64. The van der Waals surface area contributed by atoms with Crippen LogP contribution in [0.25, 0.3) is 0 Å². The molecule has 1 aromatic rings. The molecule has 34 heavy (non-hydrogen) atoms. The number of amides is 4. The molecule has 184 valence electrons. The van der Waals surface area contributed by atoms with E-state index in [1.807, 2.05) is 0 Å². The first kappa shape index (κ1) is 25.2. The van der Waals surface area contributed by atoms with Crippen LogP contribution in [0.1, 0.15) is 52.1 Å². The zero-order valence-electron chi connectivity index (χ0n) is 19.6. The molecule has 2 heterocycles. The van der Waals surface area contributed by atoms with Crippen LogP contribution in [0.5, 0.6) is 5.75 Å². The summed E-state index contributed by atoms with van der Waals surface area (Å²) in [7, 11) is 0. The van der Waals surface area contributed by atoms with Gasteiger partial charge in [-0.2, -0.15) is 0 Å². The number of rotatable bonds is 7. The fraction of sp³-hybridized carbons (Fsp3) is 0.522. The number of urea groups is 1. The Hall–Kier alpha value is -3.47. The normalized spacial score (nSPS) is 26.4. The van der Waals surface area contributed by atoms with Crippen molar-refractivity contribution in [3.8, 4) is 5.75 Å². The molecule has 2 aliphatic heterocycles. The number of nitrogens with two attached hydrogens (primary N) is 1. The molecule has 1 aromatic carbocycles. The van der Waals surface area contributed by atoms with Gasteiger partial charge in [0.15, 0.2) is 0 Å². The van der Waals surface area contributed by atoms with Gasteiger partial charge in [-0.05, 0) is 51.3 Å². The molecule has 4 unspecified atom stereocenters. The summed E-state index contributed by atoms with van der Waals surface area (Å²) < 4.78 is 5.05. The Labute approximate surface area is 197 Å². The number of hydrogen-bond acceptors (Lipinski definition) is 7. The number of imide groups is 1. The quantitative estimate of drug-likeness (QED) is 0.196. The summed E-state index contributed by atoms with van der Waals surface area (Å²) in [5, 5.41) is 15.8. The van der Waals surface area contributed by atoms with E-state index in [0.717, 1.165) is 4.90 Å². The summed E-state index contributed by atoms with van der Waals surface area (Å²) >= 11 is 0. The average Bonchev–Trinajstić information content (AvgIpc) is 3.20. The number of nitrogens with one attached hydrogen (secondary N) is 2. The minimum Gasteiger partial charge on any atom is -0.480 e. The predicted molar refractivity (Wildman–Crippen MR) is 119 cm³/mol. The van der Waals surface area contributed by atoms with E-state index in [-0.39, 0.29) is 19.4 Å². The molecular formula is C23H30N4O7. The summed E-state index contributed by atoms with van der Waals surface area (Å²) in [5.74, 6) is -4.49. The lowest BCUT2D eigenvalue weighted by atomic mass is 9.77. The van der Waals surface area contributed by atoms with Crippen molar-refractivity contribution in [2.45, 2.75) is 57.7 Å². The highest BCUT2D eigenvalue weighted by Gasteiger charge is 2.69. The van der Waals surface area contributed by atoms with Crippen molar-refractivity contribution in [2.75, 3.05) is 6.54 Å². The van der Waals surface area contributed by atoms with E-state index >= 15 is 0 Å². The van der Waals surface area contributed by atoms with Gasteiger partial charge in [0.1, 0.15) is 11.3 Å². The SMILES string of the molecule is CC(=O)Oc1ccc(C2NC(CCCNC(N)=O)(C(=O)O)C3C(=O)N(C(C)(C)C)C(=O)C23)cc1. The molecule has 0 bridgehead atoms. The van der Waals surface area contributed by atoms with Crippen molar-refractivity contribution in [1.82, 2.24) is 15.5 Å². The zero-order chi connectivity index (χ0) is 25.4. The molecular weight excluding hydrogens is 444 g/mol. The van der Waals surface area contributed by atoms with Crippen molar-refractivity contribution < 1.29 is 33.8 Å². The van der Waals surface area contributed by atoms with Gasteiger partial charge in [0.05, 0.1) is 11.8 Å². The number of carboxylic acid groups (broad SMARTS) is 1. The fourth-order valence-corrected chi connectivity index (χ4v) is 4.97. The van der Waals surface area contributed by atoms with Gasteiger partial charge in [0, 0.05) is 25.0 Å². The first-order chi connectivity index (χ1) is 15.8. The molecule has 2 saturated heterocycles. The third kappa shape index (κ3) is 4.47. The Kier molecular flexibility index (Phi) is 6.70. The van der Waals surface area contributed by atoms with Gasteiger partial charge in [-0.15, -0.1) is 0 Å². The van der Waals surface area contributed by atoms with Crippen molar-refractivity contribution in [2.24, 2.45) is 17.6 Å². The molecule has 11 heteroatoms. The van der Waals surface area contributed by atoms with Crippen LogP contribution in [-0.4, -0.2) is 57.4 Å². The first-order valence-corrected chi connectivity index (χ1v) is 11.0. The van der Waals surface area contributed by atoms with E-state index < -0.39 is 58.7 Å². The number of ether oxygens (including phenoxy) is 1. The van der Waals surface area contributed by atoms with Crippen LogP contribution in [0.2, 0.25) is 0 Å². The van der Waals surface area contributed by atoms with Gasteiger partial charge in [-0.25, -0.2) is 4.79 Å². The molecule has 4 amide bonds. The summed E-state index contributed by atoms with van der Waals surface area (Å²) in [6, 6.07) is 4.87. The van der Waals surface area contributed by atoms with Crippen LogP contribution in [0.15, 0.2) is 24.3 Å². The number of carboxylic acids is 1. The van der Waals surface area contributed by atoms with Crippen molar-refractivity contribution in [1.29, 1.82) is 0 Å². The van der Waals surface area contributed by atoms with Crippen molar-refractivity contribution in [3.63, 3.8) is 0 Å². The van der Waals surface area contributed by atoms with E-state index in [1.165, 1.54) is 6.92 Å². The summed E-state index contributed by atoms with van der Waals surface area (Å²) in [6.07, 6.45) is 0.212. The van der Waals surface area contributed by atoms with Crippen LogP contribution >= 0.6 is 0 Å². The smallest absolute Gasteiger partial charge is 0.324 e. The van der Waals surface area contributed by atoms with Crippen molar-refractivity contribution >= 4 is 29.8 Å². The number of hydrogen-bond donors (Lipinski definition) is 4. The highest BCUT2D eigenvalue weighted by atomic mass is 16.5. The maximum Gasteiger partial charge on any atom is 0.324 e. The number of carbonyl (C=O) groups excluding carboxylic acids is 4. The molecule has 3 rings (SSSR count). The molecule has 11 nitrogen and oxygen atoms in total. The molecule has 0 aliphatic carbocycles. The topological polar surface area (TPSA) is 168 Å². The standard InChI is InChI=1S/C23H30N4O7/c1-12(28)34-14-8-6-13(7-9-14)17-15-16(19(30)27(18(15)29)22(2,3)4)23(26-17,20(31)32)10-5-11-25-21(24)33/h6-9,15-17,26H,5,10-11H2,1-4H3,(H,31,32)(H3,24,25,33). The monoisotopic (exact) mass is 474 g/mol. The molecule has 0 aromatic heterocycles. The van der Waals surface area contributed by atoms with E-state index in [1.54, 1.807) is 45.0 Å². The number of benzene rings is 1. The maximum atomic E-state index is 13.5. The average molecular weight is 475 g/mol. The fourth-order valence-electron chi connectivity index (χ4n) is 4.97. The van der Waals surface area contributed by atoms with Gasteiger partial charge in [-0.1, -0.05) is 12.1 Å². The Balaban J connectivity index is 2.03. The zero-order valence-corrected chi connectivity index (χ0v) is 19.6. The number of aliphatic carboxylic acids is 1. The predicted octanol–water partition coefficient (Wildman–Crippen LogP) is 0.928. The van der Waals surface area contributed by atoms with E-state index in [4.69, 9.17) is 10.5 Å². The summed E-state index contributed by atoms with van der Waals surface area (Å²) in [4.78, 5) is 63.0. The number of likely N-dealkylation sites (tertiary alicyclic amines) is 1. The second-order valence-electron chi connectivity index (χ2n) is 9.64. The number of nitrogens with zero attached hydrogens (tertiary/aromatic N) is 1.